The maximum absolute atomic E-state index is 11.6. The molecule has 0 bridgehead atoms. The predicted octanol–water partition coefficient (Wildman–Crippen LogP) is -0.218. The van der Waals surface area contributed by atoms with E-state index in [0.717, 1.165) is 25.9 Å². The van der Waals surface area contributed by atoms with Crippen molar-refractivity contribution in [2.24, 2.45) is 0 Å². The molecule has 82 valence electrons. The van der Waals surface area contributed by atoms with Crippen molar-refractivity contribution in [3.63, 3.8) is 0 Å². The molecule has 15 heavy (non-hydrogen) atoms. The Labute approximate surface area is 87.6 Å². The van der Waals surface area contributed by atoms with E-state index in [9.17, 15) is 4.79 Å². The Balaban J connectivity index is 1.67. The number of carbonyl (C=O) groups is 1. The average molecular weight is 210 g/mol. The molecule has 2 heterocycles. The molecule has 0 saturated carbocycles. The largest absolute Gasteiger partial charge is 0.343 e. The van der Waals surface area contributed by atoms with Gasteiger partial charge in [-0.15, -0.1) is 0 Å². The normalized spacial score (nSPS) is 15.9. The van der Waals surface area contributed by atoms with Gasteiger partial charge in [0.2, 0.25) is 12.3 Å². The molecule has 6 heteroatoms. The van der Waals surface area contributed by atoms with Gasteiger partial charge in [-0.25, -0.2) is 0 Å². The van der Waals surface area contributed by atoms with Crippen LogP contribution in [-0.4, -0.2) is 40.6 Å². The van der Waals surface area contributed by atoms with Crippen molar-refractivity contribution in [1.29, 1.82) is 0 Å². The number of carbonyl (C=O) groups excluding carboxylic acids is 1. The van der Waals surface area contributed by atoms with E-state index in [4.69, 9.17) is 0 Å². The Bertz CT molecular complexity index is 306. The van der Waals surface area contributed by atoms with Gasteiger partial charge in [0.05, 0.1) is 13.1 Å². The maximum Gasteiger partial charge on any atom is 0.236 e. The molecular formula is C9H14N4O2. The monoisotopic (exact) mass is 210 g/mol. The van der Waals surface area contributed by atoms with Gasteiger partial charge in [-0.05, 0) is 12.8 Å². The van der Waals surface area contributed by atoms with Crippen molar-refractivity contribution in [3.05, 3.63) is 12.2 Å². The van der Waals surface area contributed by atoms with E-state index in [2.05, 4.69) is 20.0 Å². The SMILES string of the molecule is O=C(CNCc1ncon1)N1CCCC1. The molecule has 0 unspecified atom stereocenters. The van der Waals surface area contributed by atoms with Crippen LogP contribution in [0.2, 0.25) is 0 Å². The Hall–Kier alpha value is -1.43. The van der Waals surface area contributed by atoms with Crippen molar-refractivity contribution in [1.82, 2.24) is 20.4 Å². The molecule has 1 aliphatic heterocycles. The van der Waals surface area contributed by atoms with Crippen LogP contribution in [0.4, 0.5) is 0 Å². The average Bonchev–Trinajstić information content (AvgIpc) is 2.90. The highest BCUT2D eigenvalue weighted by atomic mass is 16.5. The number of nitrogens with one attached hydrogen (secondary N) is 1. The molecule has 1 aliphatic rings. The molecule has 2 rings (SSSR count). The lowest BCUT2D eigenvalue weighted by Gasteiger charge is -2.14. The zero-order chi connectivity index (χ0) is 10.5. The highest BCUT2D eigenvalue weighted by molar-refractivity contribution is 5.78. The fourth-order valence-electron chi connectivity index (χ4n) is 1.63. The minimum atomic E-state index is 0.149. The van der Waals surface area contributed by atoms with Crippen molar-refractivity contribution in [2.75, 3.05) is 19.6 Å². The third-order valence-electron chi connectivity index (χ3n) is 2.43. The van der Waals surface area contributed by atoms with Crippen LogP contribution in [0.3, 0.4) is 0 Å². The highest BCUT2D eigenvalue weighted by Gasteiger charge is 2.16. The molecule has 1 fully saturated rings. The standard InChI is InChI=1S/C9H14N4O2/c14-9(13-3-1-2-4-13)6-10-5-8-11-7-15-12-8/h7,10H,1-6H2. The van der Waals surface area contributed by atoms with Crippen molar-refractivity contribution in [3.8, 4) is 0 Å². The fraction of sp³-hybridized carbons (Fsp3) is 0.667. The summed E-state index contributed by atoms with van der Waals surface area (Å²) < 4.78 is 4.58. The lowest BCUT2D eigenvalue weighted by atomic mass is 10.4. The van der Waals surface area contributed by atoms with Crippen LogP contribution in [0, 0.1) is 0 Å². The number of hydrogen-bond donors (Lipinski definition) is 1. The number of nitrogens with zero attached hydrogens (tertiary/aromatic N) is 3. The van der Waals surface area contributed by atoms with Gasteiger partial charge in [-0.1, -0.05) is 5.16 Å². The molecule has 6 nitrogen and oxygen atoms in total. The van der Waals surface area contributed by atoms with E-state index < -0.39 is 0 Å². The number of aromatic nitrogens is 2. The van der Waals surface area contributed by atoms with Gasteiger partial charge >= 0.3 is 0 Å². The highest BCUT2D eigenvalue weighted by Crippen LogP contribution is 2.06. The summed E-state index contributed by atoms with van der Waals surface area (Å²) in [6.45, 7) is 2.59. The van der Waals surface area contributed by atoms with E-state index in [-0.39, 0.29) is 5.91 Å². The second-order valence-electron chi connectivity index (χ2n) is 3.54. The van der Waals surface area contributed by atoms with Gasteiger partial charge in [-0.2, -0.15) is 4.98 Å². The molecule has 0 atom stereocenters. The number of hydrogen-bond acceptors (Lipinski definition) is 5. The molecule has 1 aromatic rings. The van der Waals surface area contributed by atoms with Crippen molar-refractivity contribution in [2.45, 2.75) is 19.4 Å². The third kappa shape index (κ3) is 2.76. The second kappa shape index (κ2) is 4.88. The summed E-state index contributed by atoms with van der Waals surface area (Å²) in [4.78, 5) is 17.3. The Morgan fingerprint density at radius 1 is 1.53 bits per heavy atom. The first-order valence-corrected chi connectivity index (χ1v) is 5.10. The molecule has 1 aromatic heterocycles. The van der Waals surface area contributed by atoms with Crippen molar-refractivity contribution >= 4 is 5.91 Å². The van der Waals surface area contributed by atoms with Gasteiger partial charge in [0.1, 0.15) is 0 Å². The Kier molecular flexibility index (Phi) is 3.29. The van der Waals surface area contributed by atoms with Gasteiger partial charge in [0.25, 0.3) is 0 Å². The molecule has 0 aliphatic carbocycles. The van der Waals surface area contributed by atoms with E-state index >= 15 is 0 Å². The summed E-state index contributed by atoms with van der Waals surface area (Å²) in [5.74, 6) is 0.722. The number of rotatable bonds is 4. The Morgan fingerprint density at radius 3 is 3.00 bits per heavy atom. The molecule has 1 saturated heterocycles. The van der Waals surface area contributed by atoms with Crippen LogP contribution in [0.25, 0.3) is 0 Å². The lowest BCUT2D eigenvalue weighted by molar-refractivity contribution is -0.129. The van der Waals surface area contributed by atoms with Gasteiger partial charge in [0, 0.05) is 13.1 Å². The number of likely N-dealkylation sites (tertiary alicyclic amines) is 1. The Morgan fingerprint density at radius 2 is 2.33 bits per heavy atom. The summed E-state index contributed by atoms with van der Waals surface area (Å²) >= 11 is 0. The predicted molar refractivity (Wildman–Crippen MR) is 51.8 cm³/mol. The van der Waals surface area contributed by atoms with Crippen LogP contribution in [0.1, 0.15) is 18.7 Å². The first-order valence-electron chi connectivity index (χ1n) is 5.10. The zero-order valence-corrected chi connectivity index (χ0v) is 8.48. The minimum Gasteiger partial charge on any atom is -0.343 e. The maximum atomic E-state index is 11.6. The molecule has 0 spiro atoms. The molecule has 1 N–H and O–H groups in total. The first kappa shape index (κ1) is 10.1. The topological polar surface area (TPSA) is 71.3 Å². The minimum absolute atomic E-state index is 0.149. The van der Waals surface area contributed by atoms with Crippen LogP contribution in [0.15, 0.2) is 10.9 Å². The molecule has 0 radical (unpaired) electrons. The van der Waals surface area contributed by atoms with Gasteiger partial charge < -0.3 is 14.7 Å². The van der Waals surface area contributed by atoms with Gasteiger partial charge in [-0.3, -0.25) is 4.79 Å². The summed E-state index contributed by atoms with van der Waals surface area (Å²) in [6, 6.07) is 0. The van der Waals surface area contributed by atoms with Crippen LogP contribution >= 0.6 is 0 Å². The van der Waals surface area contributed by atoms with Crippen LogP contribution in [-0.2, 0) is 11.3 Å². The smallest absolute Gasteiger partial charge is 0.236 e. The quantitative estimate of drug-likeness (QED) is 0.744. The summed E-state index contributed by atoms with van der Waals surface area (Å²) in [6.07, 6.45) is 3.52. The fourth-order valence-corrected chi connectivity index (χ4v) is 1.63. The summed E-state index contributed by atoms with van der Waals surface area (Å²) in [5.41, 5.74) is 0. The first-order chi connectivity index (χ1) is 7.36. The lowest BCUT2D eigenvalue weighted by Crippen LogP contribution is -2.36. The molecule has 0 aromatic carbocycles. The van der Waals surface area contributed by atoms with Crippen molar-refractivity contribution < 1.29 is 9.32 Å². The number of amides is 1. The van der Waals surface area contributed by atoms with Crippen LogP contribution < -0.4 is 5.32 Å². The molecular weight excluding hydrogens is 196 g/mol. The zero-order valence-electron chi connectivity index (χ0n) is 8.48. The van der Waals surface area contributed by atoms with Gasteiger partial charge in [0.15, 0.2) is 5.82 Å². The van der Waals surface area contributed by atoms with E-state index in [0.29, 0.717) is 18.9 Å². The van der Waals surface area contributed by atoms with E-state index in [1.54, 1.807) is 0 Å². The second-order valence-corrected chi connectivity index (χ2v) is 3.54. The van der Waals surface area contributed by atoms with E-state index in [1.165, 1.54) is 6.39 Å². The summed E-state index contributed by atoms with van der Waals surface area (Å²) in [5, 5.41) is 6.63. The molecule has 1 amide bonds. The summed E-state index contributed by atoms with van der Waals surface area (Å²) in [7, 11) is 0. The van der Waals surface area contributed by atoms with E-state index in [1.807, 2.05) is 4.90 Å². The third-order valence-corrected chi connectivity index (χ3v) is 2.43. The van der Waals surface area contributed by atoms with Crippen LogP contribution in [0.5, 0.6) is 0 Å².